The topological polar surface area (TPSA) is 113 Å². The van der Waals surface area contributed by atoms with E-state index in [1.54, 1.807) is 49.6 Å². The minimum Gasteiger partial charge on any atom is -0.497 e. The molecule has 0 saturated heterocycles. The number of hydrogen-bond donors (Lipinski definition) is 3. The summed E-state index contributed by atoms with van der Waals surface area (Å²) in [5.41, 5.74) is 5.27. The number of nitrogens with zero attached hydrogens (tertiary/aromatic N) is 2. The maximum atomic E-state index is 13.8. The Kier molecular flexibility index (Phi) is 12.0. The molecule has 0 spiro atoms. The lowest BCUT2D eigenvalue weighted by Crippen LogP contribution is -2.30. The van der Waals surface area contributed by atoms with Gasteiger partial charge in [-0.2, -0.15) is 0 Å². The Labute approximate surface area is 316 Å². The van der Waals surface area contributed by atoms with Crippen LogP contribution in [0.5, 0.6) is 5.75 Å². The summed E-state index contributed by atoms with van der Waals surface area (Å²) in [6, 6.07) is 40.8. The van der Waals surface area contributed by atoms with E-state index in [1.807, 2.05) is 121 Å². The second kappa shape index (κ2) is 17.4. The van der Waals surface area contributed by atoms with Crippen LogP contribution in [0.2, 0.25) is 0 Å². The van der Waals surface area contributed by atoms with Crippen molar-refractivity contribution in [3.63, 3.8) is 0 Å². The molecular weight excluding hydrogens is 703 g/mol. The van der Waals surface area contributed by atoms with Crippen molar-refractivity contribution in [3.05, 3.63) is 161 Å². The van der Waals surface area contributed by atoms with E-state index in [2.05, 4.69) is 20.9 Å². The molecule has 1 aromatic heterocycles. The summed E-state index contributed by atoms with van der Waals surface area (Å²) in [5.74, 6) is -0.370. The van der Waals surface area contributed by atoms with Gasteiger partial charge in [-0.1, -0.05) is 72.8 Å². The van der Waals surface area contributed by atoms with Crippen LogP contribution in [-0.2, 0) is 9.59 Å². The number of amides is 3. The van der Waals surface area contributed by atoms with Gasteiger partial charge in [0.25, 0.3) is 11.8 Å². The second-order valence-corrected chi connectivity index (χ2v) is 14.0. The first kappa shape index (κ1) is 36.6. The van der Waals surface area contributed by atoms with Gasteiger partial charge in [-0.3, -0.25) is 14.4 Å². The molecule has 0 saturated carbocycles. The summed E-state index contributed by atoms with van der Waals surface area (Å²) < 4.78 is 5.35. The quantitative estimate of drug-likeness (QED) is 0.0802. The molecule has 0 aliphatic rings. The van der Waals surface area contributed by atoms with Gasteiger partial charge in [0.2, 0.25) is 5.91 Å². The Hall–Kier alpha value is -6.17. The monoisotopic (exact) mass is 739 g/mol. The summed E-state index contributed by atoms with van der Waals surface area (Å²) in [7, 11) is 5.52. The van der Waals surface area contributed by atoms with Crippen LogP contribution in [0, 0.1) is 0 Å². The molecule has 266 valence electrons. The molecule has 11 heteroatoms. The maximum absolute atomic E-state index is 13.8. The molecule has 0 radical (unpaired) electrons. The van der Waals surface area contributed by atoms with E-state index >= 15 is 0 Å². The van der Waals surface area contributed by atoms with Crippen molar-refractivity contribution in [3.8, 4) is 17.0 Å². The first-order valence-corrected chi connectivity index (χ1v) is 18.4. The number of methoxy groups -OCH3 is 1. The SMILES string of the molecule is COc1cccc(-c2csc(NC(=O)C(Sc3ccc(NC(=O)/C(=C/c4ccc(N(C)C)cc4)NC(=O)c4ccccc4)cc3)c3ccccc3)n2)c1. The normalized spacial score (nSPS) is 11.6. The van der Waals surface area contributed by atoms with Crippen molar-refractivity contribution in [2.75, 3.05) is 36.7 Å². The van der Waals surface area contributed by atoms with Gasteiger partial charge in [-0.25, -0.2) is 4.98 Å². The smallest absolute Gasteiger partial charge is 0.272 e. The highest BCUT2D eigenvalue weighted by Crippen LogP contribution is 2.37. The summed E-state index contributed by atoms with van der Waals surface area (Å²) in [4.78, 5) is 47.9. The van der Waals surface area contributed by atoms with Crippen molar-refractivity contribution >= 4 is 63.4 Å². The third-order valence-electron chi connectivity index (χ3n) is 8.06. The van der Waals surface area contributed by atoms with Crippen molar-refractivity contribution in [1.82, 2.24) is 10.3 Å². The average Bonchev–Trinajstić information content (AvgIpc) is 3.66. The number of anilines is 3. The van der Waals surface area contributed by atoms with Gasteiger partial charge >= 0.3 is 0 Å². The summed E-state index contributed by atoms with van der Waals surface area (Å²) in [6.07, 6.45) is 1.64. The zero-order valence-corrected chi connectivity index (χ0v) is 30.9. The van der Waals surface area contributed by atoms with E-state index in [0.717, 1.165) is 38.7 Å². The molecule has 3 N–H and O–H groups in total. The number of carbonyl (C=O) groups excluding carboxylic acids is 3. The van der Waals surface area contributed by atoms with E-state index in [-0.39, 0.29) is 11.6 Å². The van der Waals surface area contributed by atoms with Crippen molar-refractivity contribution in [2.24, 2.45) is 0 Å². The fourth-order valence-electron chi connectivity index (χ4n) is 5.25. The molecule has 9 nitrogen and oxygen atoms in total. The predicted molar refractivity (Wildman–Crippen MR) is 215 cm³/mol. The Morgan fingerprint density at radius 2 is 1.51 bits per heavy atom. The average molecular weight is 740 g/mol. The molecule has 0 fully saturated rings. The molecule has 0 aliphatic heterocycles. The minimum atomic E-state index is -0.581. The number of hydrogen-bond acceptors (Lipinski definition) is 8. The Balaban J connectivity index is 1.17. The zero-order valence-electron chi connectivity index (χ0n) is 29.3. The molecular formula is C42H37N5O4S2. The lowest BCUT2D eigenvalue weighted by atomic mass is 10.1. The fraction of sp³-hybridized carbons (Fsp3) is 0.0952. The van der Waals surface area contributed by atoms with Gasteiger partial charge in [-0.15, -0.1) is 23.1 Å². The highest BCUT2D eigenvalue weighted by atomic mass is 32.2. The largest absolute Gasteiger partial charge is 0.497 e. The Bertz CT molecular complexity index is 2200. The first-order valence-electron chi connectivity index (χ1n) is 16.6. The molecule has 1 heterocycles. The van der Waals surface area contributed by atoms with E-state index in [4.69, 9.17) is 4.74 Å². The lowest BCUT2D eigenvalue weighted by Gasteiger charge is -2.17. The van der Waals surface area contributed by atoms with Crippen LogP contribution in [0.25, 0.3) is 17.3 Å². The molecule has 0 bridgehead atoms. The van der Waals surface area contributed by atoms with Gasteiger partial charge < -0.3 is 25.6 Å². The van der Waals surface area contributed by atoms with E-state index in [0.29, 0.717) is 16.4 Å². The van der Waals surface area contributed by atoms with Gasteiger partial charge in [0, 0.05) is 46.9 Å². The maximum Gasteiger partial charge on any atom is 0.272 e. The number of ether oxygens (including phenoxy) is 1. The van der Waals surface area contributed by atoms with Crippen LogP contribution in [0.4, 0.5) is 16.5 Å². The summed E-state index contributed by atoms with van der Waals surface area (Å²) in [5, 5.41) is 10.5. The van der Waals surface area contributed by atoms with Crippen molar-refractivity contribution < 1.29 is 19.1 Å². The molecule has 5 aromatic carbocycles. The number of thioether (sulfide) groups is 1. The Morgan fingerprint density at radius 3 is 2.19 bits per heavy atom. The lowest BCUT2D eigenvalue weighted by molar-refractivity contribution is -0.116. The van der Waals surface area contributed by atoms with E-state index < -0.39 is 17.1 Å². The van der Waals surface area contributed by atoms with Crippen LogP contribution < -0.4 is 25.6 Å². The summed E-state index contributed by atoms with van der Waals surface area (Å²) in [6.45, 7) is 0. The standard InChI is InChI=1S/C42H37N5O4S2/c1-47(2)33-21-17-28(18-22-33)25-36(44-39(48)30-13-8-5-9-14-30)40(49)43-32-19-23-35(24-20-32)53-38(29-11-6-4-7-12-29)41(50)46-42-45-37(27-52-42)31-15-10-16-34(26-31)51-3/h4-27,38H,1-3H3,(H,43,49)(H,44,48)(H,45,46,50)/b36-25-. The molecule has 6 rings (SSSR count). The highest BCUT2D eigenvalue weighted by Gasteiger charge is 2.24. The second-order valence-electron chi connectivity index (χ2n) is 12.0. The fourth-order valence-corrected chi connectivity index (χ4v) is 6.99. The van der Waals surface area contributed by atoms with E-state index in [1.165, 1.54) is 23.1 Å². The van der Waals surface area contributed by atoms with E-state index in [9.17, 15) is 14.4 Å². The number of nitrogens with one attached hydrogen (secondary N) is 3. The predicted octanol–water partition coefficient (Wildman–Crippen LogP) is 8.77. The number of aromatic nitrogens is 1. The molecule has 6 aromatic rings. The van der Waals surface area contributed by atoms with Crippen LogP contribution in [0.3, 0.4) is 0 Å². The van der Waals surface area contributed by atoms with Crippen LogP contribution in [-0.4, -0.2) is 43.9 Å². The third-order valence-corrected chi connectivity index (χ3v) is 10.1. The van der Waals surface area contributed by atoms with Crippen LogP contribution in [0.1, 0.15) is 26.7 Å². The number of carbonyl (C=O) groups is 3. The molecule has 0 aliphatic carbocycles. The van der Waals surface area contributed by atoms with Gasteiger partial charge in [0.15, 0.2) is 5.13 Å². The third kappa shape index (κ3) is 9.79. The summed E-state index contributed by atoms with van der Waals surface area (Å²) >= 11 is 2.74. The van der Waals surface area contributed by atoms with Crippen molar-refractivity contribution in [2.45, 2.75) is 10.1 Å². The number of thiazole rings is 1. The van der Waals surface area contributed by atoms with Crippen LogP contribution >= 0.6 is 23.1 Å². The molecule has 53 heavy (non-hydrogen) atoms. The first-order chi connectivity index (χ1) is 25.7. The van der Waals surface area contributed by atoms with Gasteiger partial charge in [0.05, 0.1) is 12.8 Å². The minimum absolute atomic E-state index is 0.0902. The van der Waals surface area contributed by atoms with Crippen molar-refractivity contribution in [1.29, 1.82) is 0 Å². The highest BCUT2D eigenvalue weighted by molar-refractivity contribution is 8.00. The molecule has 1 unspecified atom stereocenters. The van der Waals surface area contributed by atoms with Gasteiger partial charge in [0.1, 0.15) is 16.7 Å². The zero-order chi connectivity index (χ0) is 37.2. The number of benzene rings is 5. The van der Waals surface area contributed by atoms with Crippen LogP contribution in [0.15, 0.2) is 149 Å². The number of rotatable bonds is 13. The van der Waals surface area contributed by atoms with Gasteiger partial charge in [-0.05, 0) is 77.9 Å². The Morgan fingerprint density at radius 1 is 0.811 bits per heavy atom. The molecule has 1 atom stereocenters. The molecule has 3 amide bonds.